The van der Waals surface area contributed by atoms with Crippen LogP contribution in [0.3, 0.4) is 0 Å². The van der Waals surface area contributed by atoms with E-state index in [1.54, 1.807) is 33.2 Å². The molecule has 3 rings (SSSR count). The standard InChI is InChI=1S/C18H19N3O3S/c1-13-18(14(2)24-20-13)25(22,23)21(3)17(15-9-5-4-6-10-15)16-11-7-8-12-19-16/h4-12,17H,1-3H3. The molecule has 7 heteroatoms. The predicted molar refractivity (Wildman–Crippen MR) is 93.4 cm³/mol. The number of hydrogen-bond acceptors (Lipinski definition) is 5. The molecule has 0 aliphatic rings. The van der Waals surface area contributed by atoms with Gasteiger partial charge in [-0.1, -0.05) is 41.6 Å². The summed E-state index contributed by atoms with van der Waals surface area (Å²) in [6, 6.07) is 14.3. The molecule has 0 fully saturated rings. The van der Waals surface area contributed by atoms with Crippen LogP contribution in [0.15, 0.2) is 64.1 Å². The van der Waals surface area contributed by atoms with E-state index in [0.717, 1.165) is 5.56 Å². The fraction of sp³-hybridized carbons (Fsp3) is 0.222. The highest BCUT2D eigenvalue weighted by atomic mass is 32.2. The topological polar surface area (TPSA) is 76.3 Å². The second-order valence-electron chi connectivity index (χ2n) is 5.74. The predicted octanol–water partition coefficient (Wildman–Crippen LogP) is 3.10. The Kier molecular flexibility index (Phi) is 4.69. The summed E-state index contributed by atoms with van der Waals surface area (Å²) in [6.45, 7) is 3.22. The van der Waals surface area contributed by atoms with Crippen LogP contribution in [-0.4, -0.2) is 29.9 Å². The molecule has 0 spiro atoms. The number of aromatic nitrogens is 2. The monoisotopic (exact) mass is 357 g/mol. The number of rotatable bonds is 5. The highest BCUT2D eigenvalue weighted by molar-refractivity contribution is 7.89. The number of sulfonamides is 1. The molecule has 25 heavy (non-hydrogen) atoms. The quantitative estimate of drug-likeness (QED) is 0.701. The minimum absolute atomic E-state index is 0.104. The summed E-state index contributed by atoms with van der Waals surface area (Å²) >= 11 is 0. The van der Waals surface area contributed by atoms with Gasteiger partial charge in [-0.05, 0) is 31.5 Å². The molecule has 2 heterocycles. The average molecular weight is 357 g/mol. The van der Waals surface area contributed by atoms with Gasteiger partial charge in [0.15, 0.2) is 5.76 Å². The van der Waals surface area contributed by atoms with Crippen molar-refractivity contribution in [1.82, 2.24) is 14.4 Å². The zero-order valence-corrected chi connectivity index (χ0v) is 15.1. The molecule has 0 amide bonds. The van der Waals surface area contributed by atoms with Crippen molar-refractivity contribution in [2.75, 3.05) is 7.05 Å². The fourth-order valence-corrected chi connectivity index (χ4v) is 4.47. The highest BCUT2D eigenvalue weighted by Gasteiger charge is 2.35. The van der Waals surface area contributed by atoms with Gasteiger partial charge in [0.05, 0.1) is 11.7 Å². The van der Waals surface area contributed by atoms with Crippen LogP contribution in [0.4, 0.5) is 0 Å². The summed E-state index contributed by atoms with van der Waals surface area (Å²) in [5, 5.41) is 3.77. The van der Waals surface area contributed by atoms with Crippen LogP contribution in [0.1, 0.15) is 28.8 Å². The van der Waals surface area contributed by atoms with E-state index in [-0.39, 0.29) is 10.7 Å². The zero-order valence-electron chi connectivity index (χ0n) is 14.2. The molecule has 1 atom stereocenters. The molecule has 3 aromatic rings. The number of nitrogens with zero attached hydrogens (tertiary/aromatic N) is 3. The van der Waals surface area contributed by atoms with Gasteiger partial charge in [-0.25, -0.2) is 8.42 Å². The number of pyridine rings is 1. The summed E-state index contributed by atoms with van der Waals surface area (Å²) < 4.78 is 32.8. The maximum absolute atomic E-state index is 13.2. The van der Waals surface area contributed by atoms with Crippen LogP contribution >= 0.6 is 0 Å². The SMILES string of the molecule is Cc1noc(C)c1S(=O)(=O)N(C)C(c1ccccc1)c1ccccn1. The van der Waals surface area contributed by atoms with E-state index in [9.17, 15) is 8.42 Å². The lowest BCUT2D eigenvalue weighted by molar-refractivity contribution is 0.387. The first kappa shape index (κ1) is 17.3. The maximum Gasteiger partial charge on any atom is 0.249 e. The van der Waals surface area contributed by atoms with Crippen molar-refractivity contribution in [2.45, 2.75) is 24.8 Å². The van der Waals surface area contributed by atoms with Crippen molar-refractivity contribution in [3.63, 3.8) is 0 Å². The molecule has 1 unspecified atom stereocenters. The van der Waals surface area contributed by atoms with Crippen LogP contribution in [0.5, 0.6) is 0 Å². The second kappa shape index (κ2) is 6.78. The molecule has 0 bridgehead atoms. The first-order valence-electron chi connectivity index (χ1n) is 7.79. The number of aryl methyl sites for hydroxylation is 2. The van der Waals surface area contributed by atoms with Crippen molar-refractivity contribution in [2.24, 2.45) is 0 Å². The third kappa shape index (κ3) is 3.20. The molecule has 6 nitrogen and oxygen atoms in total. The number of hydrogen-bond donors (Lipinski definition) is 0. The molecule has 0 aliphatic carbocycles. The summed E-state index contributed by atoms with van der Waals surface area (Å²) in [6.07, 6.45) is 1.65. The molecule has 0 N–H and O–H groups in total. The van der Waals surface area contributed by atoms with Gasteiger partial charge in [0, 0.05) is 13.2 Å². The third-order valence-corrected chi connectivity index (χ3v) is 6.12. The fourth-order valence-electron chi connectivity index (χ4n) is 2.87. The van der Waals surface area contributed by atoms with Crippen LogP contribution in [0, 0.1) is 13.8 Å². The summed E-state index contributed by atoms with van der Waals surface area (Å²) in [5.74, 6) is 0.275. The lowest BCUT2D eigenvalue weighted by atomic mass is 10.0. The lowest BCUT2D eigenvalue weighted by Crippen LogP contribution is -2.33. The van der Waals surface area contributed by atoms with Crippen LogP contribution < -0.4 is 0 Å². The molecule has 1 aromatic carbocycles. The van der Waals surface area contributed by atoms with Gasteiger partial charge in [0.2, 0.25) is 10.0 Å². The van der Waals surface area contributed by atoms with Crippen molar-refractivity contribution >= 4 is 10.0 Å². The molecule has 0 aliphatic heterocycles. The molecule has 2 aromatic heterocycles. The zero-order chi connectivity index (χ0) is 18.0. The van der Waals surface area contributed by atoms with Crippen LogP contribution in [0.2, 0.25) is 0 Å². The summed E-state index contributed by atoms with van der Waals surface area (Å²) in [5.41, 5.74) is 1.82. The maximum atomic E-state index is 13.2. The van der Waals surface area contributed by atoms with Gasteiger partial charge in [0.25, 0.3) is 0 Å². The Morgan fingerprint density at radius 3 is 2.28 bits per heavy atom. The van der Waals surface area contributed by atoms with Crippen molar-refractivity contribution in [3.05, 3.63) is 77.4 Å². The Morgan fingerprint density at radius 2 is 1.72 bits per heavy atom. The Bertz CT molecular complexity index is 895. The first-order chi connectivity index (χ1) is 11.9. The smallest absolute Gasteiger partial charge is 0.249 e. The minimum atomic E-state index is -3.82. The van der Waals surface area contributed by atoms with Gasteiger partial charge in [-0.3, -0.25) is 4.98 Å². The van der Waals surface area contributed by atoms with Gasteiger partial charge in [0.1, 0.15) is 10.6 Å². The molecule has 130 valence electrons. The molecule has 0 saturated carbocycles. The van der Waals surface area contributed by atoms with Crippen molar-refractivity contribution < 1.29 is 12.9 Å². The van der Waals surface area contributed by atoms with E-state index in [0.29, 0.717) is 11.4 Å². The third-order valence-electron chi connectivity index (χ3n) is 4.05. The van der Waals surface area contributed by atoms with Gasteiger partial charge in [-0.15, -0.1) is 0 Å². The Hall–Kier alpha value is -2.51. The van der Waals surface area contributed by atoms with Gasteiger partial charge >= 0.3 is 0 Å². The summed E-state index contributed by atoms with van der Waals surface area (Å²) in [7, 11) is -2.27. The van der Waals surface area contributed by atoms with E-state index in [1.165, 1.54) is 4.31 Å². The van der Waals surface area contributed by atoms with E-state index in [2.05, 4.69) is 10.1 Å². The van der Waals surface area contributed by atoms with Crippen LogP contribution in [-0.2, 0) is 10.0 Å². The molecule has 0 radical (unpaired) electrons. The Labute approximate surface area is 147 Å². The molecular formula is C18H19N3O3S. The van der Waals surface area contributed by atoms with Crippen molar-refractivity contribution in [3.8, 4) is 0 Å². The lowest BCUT2D eigenvalue weighted by Gasteiger charge is -2.27. The minimum Gasteiger partial charge on any atom is -0.360 e. The highest BCUT2D eigenvalue weighted by Crippen LogP contribution is 2.32. The first-order valence-corrected chi connectivity index (χ1v) is 9.23. The molecule has 0 saturated heterocycles. The van der Waals surface area contributed by atoms with Crippen LogP contribution in [0.25, 0.3) is 0 Å². The van der Waals surface area contributed by atoms with Gasteiger partial charge < -0.3 is 4.52 Å². The number of benzene rings is 1. The second-order valence-corrected chi connectivity index (χ2v) is 7.68. The average Bonchev–Trinajstić information content (AvgIpc) is 2.96. The normalized spacial score (nSPS) is 13.1. The van der Waals surface area contributed by atoms with Crippen molar-refractivity contribution in [1.29, 1.82) is 0 Å². The summed E-state index contributed by atoms with van der Waals surface area (Å²) in [4.78, 5) is 4.47. The van der Waals surface area contributed by atoms with E-state index < -0.39 is 16.1 Å². The Balaban J connectivity index is 2.14. The Morgan fingerprint density at radius 1 is 1.04 bits per heavy atom. The van der Waals surface area contributed by atoms with E-state index >= 15 is 0 Å². The largest absolute Gasteiger partial charge is 0.360 e. The van der Waals surface area contributed by atoms with Gasteiger partial charge in [-0.2, -0.15) is 4.31 Å². The molecular weight excluding hydrogens is 338 g/mol. The van der Waals surface area contributed by atoms with E-state index in [4.69, 9.17) is 4.52 Å². The van der Waals surface area contributed by atoms with E-state index in [1.807, 2.05) is 42.5 Å².